The SMILES string of the molecule is CCOC(=O)/C(=C\CC(C)OC)c1cccc(C)c1CO/N=C(\C)c1cccc(CC2COC2)c1. The maximum atomic E-state index is 12.8. The largest absolute Gasteiger partial charge is 0.462 e. The van der Waals surface area contributed by atoms with Crippen molar-refractivity contribution in [3.05, 3.63) is 76.4 Å². The lowest BCUT2D eigenvalue weighted by molar-refractivity contribution is -0.136. The molecule has 2 aromatic rings. The van der Waals surface area contributed by atoms with Gasteiger partial charge in [0.25, 0.3) is 0 Å². The van der Waals surface area contributed by atoms with Crippen LogP contribution in [-0.2, 0) is 36.9 Å². The number of rotatable bonds is 12. The standard InChI is InChI=1S/C29H37NO5/c1-6-34-29(31)27(14-13-21(3)32-5)26-12-7-9-20(2)28(26)19-35-30-22(4)25-11-8-10-23(16-25)15-24-17-33-18-24/h7-12,14,16,21,24H,6,13,15,17-19H2,1-5H3/b27-14-,30-22+. The Morgan fingerprint density at radius 3 is 2.69 bits per heavy atom. The maximum Gasteiger partial charge on any atom is 0.338 e. The number of nitrogens with zero attached hydrogens (tertiary/aromatic N) is 1. The van der Waals surface area contributed by atoms with Gasteiger partial charge in [-0.05, 0) is 68.9 Å². The second-order valence-corrected chi connectivity index (χ2v) is 8.98. The van der Waals surface area contributed by atoms with Gasteiger partial charge in [-0.2, -0.15) is 0 Å². The summed E-state index contributed by atoms with van der Waals surface area (Å²) in [5.41, 5.74) is 6.37. The van der Waals surface area contributed by atoms with Gasteiger partial charge in [0.1, 0.15) is 6.61 Å². The Labute approximate surface area is 208 Å². The van der Waals surface area contributed by atoms with E-state index in [1.165, 1.54) is 5.56 Å². The highest BCUT2D eigenvalue weighted by molar-refractivity contribution is 6.17. The molecule has 1 aliphatic heterocycles. The zero-order chi connectivity index (χ0) is 25.2. The van der Waals surface area contributed by atoms with Gasteiger partial charge in [-0.1, -0.05) is 47.6 Å². The molecule has 0 bridgehead atoms. The van der Waals surface area contributed by atoms with Gasteiger partial charge < -0.3 is 19.0 Å². The third-order valence-corrected chi connectivity index (χ3v) is 6.24. The van der Waals surface area contributed by atoms with E-state index in [1.54, 1.807) is 14.0 Å². The summed E-state index contributed by atoms with van der Waals surface area (Å²) in [6.07, 6.45) is 3.49. The molecule has 1 atom stereocenters. The van der Waals surface area contributed by atoms with E-state index >= 15 is 0 Å². The molecule has 0 saturated carbocycles. The van der Waals surface area contributed by atoms with Crippen molar-refractivity contribution in [2.45, 2.75) is 53.2 Å². The van der Waals surface area contributed by atoms with Crippen molar-refractivity contribution in [3.63, 3.8) is 0 Å². The zero-order valence-corrected chi connectivity index (χ0v) is 21.5. The van der Waals surface area contributed by atoms with Crippen LogP contribution in [0.15, 0.2) is 53.7 Å². The molecule has 6 heteroatoms. The highest BCUT2D eigenvalue weighted by Crippen LogP contribution is 2.26. The van der Waals surface area contributed by atoms with Crippen LogP contribution in [-0.4, -0.2) is 44.7 Å². The molecule has 0 N–H and O–H groups in total. The summed E-state index contributed by atoms with van der Waals surface area (Å²) >= 11 is 0. The first-order valence-corrected chi connectivity index (χ1v) is 12.2. The molecule has 0 spiro atoms. The Morgan fingerprint density at radius 2 is 2.00 bits per heavy atom. The van der Waals surface area contributed by atoms with E-state index in [-0.39, 0.29) is 18.7 Å². The summed E-state index contributed by atoms with van der Waals surface area (Å²) in [5.74, 6) is 0.253. The molecule has 0 radical (unpaired) electrons. The van der Waals surface area contributed by atoms with Gasteiger partial charge in [-0.3, -0.25) is 0 Å². The number of methoxy groups -OCH3 is 1. The minimum absolute atomic E-state index is 0.0104. The summed E-state index contributed by atoms with van der Waals surface area (Å²) in [4.78, 5) is 18.6. The van der Waals surface area contributed by atoms with Crippen LogP contribution in [0.25, 0.3) is 5.57 Å². The van der Waals surface area contributed by atoms with Crippen molar-refractivity contribution in [3.8, 4) is 0 Å². The minimum Gasteiger partial charge on any atom is -0.462 e. The first-order valence-electron chi connectivity index (χ1n) is 12.2. The molecule has 35 heavy (non-hydrogen) atoms. The Kier molecular flexibility index (Phi) is 10.1. The molecule has 1 fully saturated rings. The number of oxime groups is 1. The number of aryl methyl sites for hydroxylation is 1. The summed E-state index contributed by atoms with van der Waals surface area (Å²) < 4.78 is 16.0. The first-order chi connectivity index (χ1) is 16.9. The zero-order valence-electron chi connectivity index (χ0n) is 21.5. The van der Waals surface area contributed by atoms with E-state index in [4.69, 9.17) is 19.0 Å². The second kappa shape index (κ2) is 13.2. The third kappa shape index (κ3) is 7.51. The second-order valence-electron chi connectivity index (χ2n) is 8.98. The van der Waals surface area contributed by atoms with Crippen LogP contribution in [0.5, 0.6) is 0 Å². The number of esters is 1. The average Bonchev–Trinajstić information content (AvgIpc) is 2.83. The molecular formula is C29H37NO5. The molecule has 6 nitrogen and oxygen atoms in total. The number of hydrogen-bond acceptors (Lipinski definition) is 6. The smallest absolute Gasteiger partial charge is 0.338 e. The highest BCUT2D eigenvalue weighted by Gasteiger charge is 2.20. The van der Waals surface area contributed by atoms with Crippen LogP contribution in [0.4, 0.5) is 0 Å². The lowest BCUT2D eigenvalue weighted by atomic mass is 9.95. The van der Waals surface area contributed by atoms with Crippen LogP contribution in [0, 0.1) is 12.8 Å². The Balaban J connectivity index is 1.78. The summed E-state index contributed by atoms with van der Waals surface area (Å²) in [6.45, 7) is 9.95. The predicted octanol–water partition coefficient (Wildman–Crippen LogP) is 5.50. The van der Waals surface area contributed by atoms with E-state index in [9.17, 15) is 4.79 Å². The Hall–Kier alpha value is -2.96. The van der Waals surface area contributed by atoms with Crippen LogP contribution in [0.3, 0.4) is 0 Å². The molecule has 0 aromatic heterocycles. The lowest BCUT2D eigenvalue weighted by Gasteiger charge is -2.26. The molecule has 3 rings (SSSR count). The van der Waals surface area contributed by atoms with E-state index in [1.807, 2.05) is 51.1 Å². The van der Waals surface area contributed by atoms with Gasteiger partial charge in [0.2, 0.25) is 0 Å². The number of carbonyl (C=O) groups is 1. The minimum atomic E-state index is -0.351. The van der Waals surface area contributed by atoms with Crippen molar-refractivity contribution >= 4 is 17.3 Å². The van der Waals surface area contributed by atoms with Crippen molar-refractivity contribution in [2.24, 2.45) is 11.1 Å². The number of benzene rings is 2. The van der Waals surface area contributed by atoms with Crippen molar-refractivity contribution in [1.29, 1.82) is 0 Å². The first kappa shape index (κ1) is 26.6. The van der Waals surface area contributed by atoms with Crippen molar-refractivity contribution in [2.75, 3.05) is 26.9 Å². The Bertz CT molecular complexity index is 1050. The molecule has 1 aliphatic rings. The molecule has 1 saturated heterocycles. The maximum absolute atomic E-state index is 12.8. The monoisotopic (exact) mass is 479 g/mol. The third-order valence-electron chi connectivity index (χ3n) is 6.24. The molecular weight excluding hydrogens is 442 g/mol. The molecule has 0 amide bonds. The van der Waals surface area contributed by atoms with E-state index in [0.717, 1.165) is 47.6 Å². The van der Waals surface area contributed by atoms with Gasteiger partial charge in [0, 0.05) is 18.6 Å². The van der Waals surface area contributed by atoms with Crippen molar-refractivity contribution < 1.29 is 23.8 Å². The number of ether oxygens (including phenoxy) is 3. The van der Waals surface area contributed by atoms with Gasteiger partial charge in [-0.25, -0.2) is 4.79 Å². The predicted molar refractivity (Wildman–Crippen MR) is 138 cm³/mol. The van der Waals surface area contributed by atoms with E-state index < -0.39 is 0 Å². The molecule has 188 valence electrons. The van der Waals surface area contributed by atoms with E-state index in [2.05, 4.69) is 23.4 Å². The van der Waals surface area contributed by atoms with Crippen molar-refractivity contribution in [1.82, 2.24) is 0 Å². The fourth-order valence-corrected chi connectivity index (χ4v) is 3.94. The van der Waals surface area contributed by atoms with Gasteiger partial charge in [0.15, 0.2) is 0 Å². The normalized spacial score (nSPS) is 15.5. The number of hydrogen-bond donors (Lipinski definition) is 0. The quantitative estimate of drug-likeness (QED) is 0.174. The van der Waals surface area contributed by atoms with Gasteiger partial charge in [-0.15, -0.1) is 0 Å². The van der Waals surface area contributed by atoms with Crippen LogP contribution in [0.1, 0.15) is 55.0 Å². The summed E-state index contributed by atoms with van der Waals surface area (Å²) in [5, 5.41) is 4.39. The van der Waals surface area contributed by atoms with Gasteiger partial charge in [0.05, 0.1) is 37.2 Å². The lowest BCUT2D eigenvalue weighted by Crippen LogP contribution is -2.29. The number of carbonyl (C=O) groups excluding carboxylic acids is 1. The molecule has 0 aliphatic carbocycles. The van der Waals surface area contributed by atoms with Crippen LogP contribution < -0.4 is 0 Å². The molecule has 2 aromatic carbocycles. The van der Waals surface area contributed by atoms with Gasteiger partial charge >= 0.3 is 5.97 Å². The fraction of sp³-hybridized carbons (Fsp3) is 0.448. The topological polar surface area (TPSA) is 66.4 Å². The Morgan fingerprint density at radius 1 is 1.23 bits per heavy atom. The summed E-state index contributed by atoms with van der Waals surface area (Å²) in [6, 6.07) is 14.3. The fourth-order valence-electron chi connectivity index (χ4n) is 3.94. The molecule has 1 heterocycles. The molecule has 1 unspecified atom stereocenters. The van der Waals surface area contributed by atoms with Crippen LogP contribution >= 0.6 is 0 Å². The highest BCUT2D eigenvalue weighted by atomic mass is 16.6. The van der Waals surface area contributed by atoms with E-state index in [0.29, 0.717) is 24.5 Å². The average molecular weight is 480 g/mol. The van der Waals surface area contributed by atoms with Crippen LogP contribution in [0.2, 0.25) is 0 Å². The summed E-state index contributed by atoms with van der Waals surface area (Å²) in [7, 11) is 1.66.